The number of halogens is 1. The molecule has 88 valence electrons. The van der Waals surface area contributed by atoms with Gasteiger partial charge in [0.2, 0.25) is 0 Å². The van der Waals surface area contributed by atoms with Crippen molar-refractivity contribution in [3.05, 3.63) is 21.7 Å². The molecule has 2 rings (SSSR count). The summed E-state index contributed by atoms with van der Waals surface area (Å²) >= 11 is 3.53. The average molecular weight is 288 g/mol. The van der Waals surface area contributed by atoms with Gasteiger partial charge in [0.1, 0.15) is 13.2 Å². The summed E-state index contributed by atoms with van der Waals surface area (Å²) in [5.41, 5.74) is 5.02. The fourth-order valence-corrected chi connectivity index (χ4v) is 2.36. The highest BCUT2D eigenvalue weighted by molar-refractivity contribution is 9.10. The largest absolute Gasteiger partial charge is 0.486 e. The Morgan fingerprint density at radius 2 is 2.19 bits per heavy atom. The standard InChI is InChI=1S/C11H14BrNO3/c1-7-8(6-13-14-2)9(12)5-10-11(7)16-4-3-15-10/h5,13H,3-4,6H2,1-2H3. The summed E-state index contributed by atoms with van der Waals surface area (Å²) in [6, 6.07) is 1.94. The van der Waals surface area contributed by atoms with Crippen LogP contribution in [-0.2, 0) is 11.4 Å². The molecular formula is C11H14BrNO3. The fourth-order valence-electron chi connectivity index (χ4n) is 1.71. The predicted molar refractivity (Wildman–Crippen MR) is 63.7 cm³/mol. The Kier molecular flexibility index (Phi) is 3.68. The van der Waals surface area contributed by atoms with Crippen LogP contribution in [0.5, 0.6) is 11.5 Å². The molecule has 0 saturated carbocycles. The Morgan fingerprint density at radius 1 is 1.44 bits per heavy atom. The molecule has 4 nitrogen and oxygen atoms in total. The summed E-state index contributed by atoms with van der Waals surface area (Å²) in [7, 11) is 1.60. The zero-order valence-electron chi connectivity index (χ0n) is 9.30. The van der Waals surface area contributed by atoms with E-state index in [1.807, 2.05) is 13.0 Å². The van der Waals surface area contributed by atoms with Crippen LogP contribution in [0.3, 0.4) is 0 Å². The van der Waals surface area contributed by atoms with E-state index in [2.05, 4.69) is 21.4 Å². The molecule has 0 saturated heterocycles. The Labute approximate surface area is 103 Å². The minimum atomic E-state index is 0.604. The molecule has 1 aromatic carbocycles. The Hall–Kier alpha value is -0.780. The topological polar surface area (TPSA) is 39.7 Å². The van der Waals surface area contributed by atoms with Gasteiger partial charge in [0.15, 0.2) is 11.5 Å². The molecule has 16 heavy (non-hydrogen) atoms. The molecule has 0 aliphatic carbocycles. The molecule has 0 amide bonds. The molecule has 0 unspecified atom stereocenters. The monoisotopic (exact) mass is 287 g/mol. The van der Waals surface area contributed by atoms with Gasteiger partial charge in [-0.15, -0.1) is 0 Å². The number of hydrogen-bond acceptors (Lipinski definition) is 4. The normalized spacial score (nSPS) is 13.9. The van der Waals surface area contributed by atoms with Gasteiger partial charge in [0, 0.05) is 16.6 Å². The summed E-state index contributed by atoms with van der Waals surface area (Å²) in [6.07, 6.45) is 0. The molecule has 0 fully saturated rings. The van der Waals surface area contributed by atoms with E-state index in [9.17, 15) is 0 Å². The minimum Gasteiger partial charge on any atom is -0.486 e. The minimum absolute atomic E-state index is 0.604. The predicted octanol–water partition coefficient (Wildman–Crippen LogP) is 2.18. The van der Waals surface area contributed by atoms with Crippen molar-refractivity contribution in [1.82, 2.24) is 5.48 Å². The van der Waals surface area contributed by atoms with Gasteiger partial charge in [0.25, 0.3) is 0 Å². The molecule has 0 bridgehead atoms. The first-order chi connectivity index (χ1) is 7.74. The Bertz CT molecular complexity index is 395. The van der Waals surface area contributed by atoms with Crippen LogP contribution in [0.4, 0.5) is 0 Å². The maximum absolute atomic E-state index is 5.62. The van der Waals surface area contributed by atoms with Crippen LogP contribution < -0.4 is 15.0 Å². The summed E-state index contributed by atoms with van der Waals surface area (Å²) < 4.78 is 12.2. The molecule has 1 heterocycles. The second-order valence-corrected chi connectivity index (χ2v) is 4.37. The van der Waals surface area contributed by atoms with Crippen LogP contribution in [-0.4, -0.2) is 20.3 Å². The number of fused-ring (bicyclic) bond motifs is 1. The molecule has 1 aliphatic heterocycles. The van der Waals surface area contributed by atoms with E-state index in [-0.39, 0.29) is 0 Å². The maximum Gasteiger partial charge on any atom is 0.164 e. The lowest BCUT2D eigenvalue weighted by atomic mass is 10.1. The third-order valence-corrected chi connectivity index (χ3v) is 3.25. The first-order valence-electron chi connectivity index (χ1n) is 5.07. The second kappa shape index (κ2) is 5.03. The smallest absolute Gasteiger partial charge is 0.164 e. The average Bonchev–Trinajstić information content (AvgIpc) is 2.29. The van der Waals surface area contributed by atoms with Crippen LogP contribution >= 0.6 is 15.9 Å². The number of ether oxygens (including phenoxy) is 2. The van der Waals surface area contributed by atoms with Crippen molar-refractivity contribution in [2.45, 2.75) is 13.5 Å². The quantitative estimate of drug-likeness (QED) is 0.865. The van der Waals surface area contributed by atoms with Gasteiger partial charge in [-0.2, -0.15) is 5.48 Å². The van der Waals surface area contributed by atoms with Crippen molar-refractivity contribution in [2.75, 3.05) is 20.3 Å². The first kappa shape index (κ1) is 11.7. The summed E-state index contributed by atoms with van der Waals surface area (Å²) in [5, 5.41) is 0. The first-order valence-corrected chi connectivity index (χ1v) is 5.86. The highest BCUT2D eigenvalue weighted by Crippen LogP contribution is 2.39. The zero-order valence-corrected chi connectivity index (χ0v) is 10.9. The van der Waals surface area contributed by atoms with Crippen LogP contribution in [0.2, 0.25) is 0 Å². The van der Waals surface area contributed by atoms with E-state index in [4.69, 9.17) is 14.3 Å². The third kappa shape index (κ3) is 2.16. The molecular weight excluding hydrogens is 274 g/mol. The van der Waals surface area contributed by atoms with Crippen LogP contribution in [0.15, 0.2) is 10.5 Å². The molecule has 0 radical (unpaired) electrons. The van der Waals surface area contributed by atoms with Crippen LogP contribution in [0.1, 0.15) is 11.1 Å². The van der Waals surface area contributed by atoms with Gasteiger partial charge in [-0.3, -0.25) is 0 Å². The highest BCUT2D eigenvalue weighted by Gasteiger charge is 2.19. The van der Waals surface area contributed by atoms with Crippen molar-refractivity contribution in [2.24, 2.45) is 0 Å². The van der Waals surface area contributed by atoms with Gasteiger partial charge in [-0.05, 0) is 18.6 Å². The summed E-state index contributed by atoms with van der Waals surface area (Å²) in [6.45, 7) is 3.85. The number of hydrogen-bond donors (Lipinski definition) is 1. The lowest BCUT2D eigenvalue weighted by molar-refractivity contribution is 0.0862. The fraction of sp³-hybridized carbons (Fsp3) is 0.455. The number of rotatable bonds is 3. The van der Waals surface area contributed by atoms with Crippen molar-refractivity contribution in [1.29, 1.82) is 0 Å². The van der Waals surface area contributed by atoms with Crippen LogP contribution in [0.25, 0.3) is 0 Å². The summed E-state index contributed by atoms with van der Waals surface area (Å²) in [5.74, 6) is 1.64. The Morgan fingerprint density at radius 3 is 2.94 bits per heavy atom. The van der Waals surface area contributed by atoms with Gasteiger partial charge < -0.3 is 14.3 Å². The van der Waals surface area contributed by atoms with Crippen molar-refractivity contribution in [3.8, 4) is 11.5 Å². The zero-order chi connectivity index (χ0) is 11.5. The van der Waals surface area contributed by atoms with Crippen LogP contribution in [0, 0.1) is 6.92 Å². The number of hydroxylamine groups is 1. The van der Waals surface area contributed by atoms with E-state index < -0.39 is 0 Å². The van der Waals surface area contributed by atoms with Crippen molar-refractivity contribution >= 4 is 15.9 Å². The lowest BCUT2D eigenvalue weighted by Gasteiger charge is -2.22. The van der Waals surface area contributed by atoms with Gasteiger partial charge in [0.05, 0.1) is 7.11 Å². The molecule has 1 N–H and O–H groups in total. The third-order valence-electron chi connectivity index (χ3n) is 2.54. The molecule has 0 spiro atoms. The van der Waals surface area contributed by atoms with E-state index in [0.29, 0.717) is 19.8 Å². The van der Waals surface area contributed by atoms with E-state index in [1.165, 1.54) is 0 Å². The van der Waals surface area contributed by atoms with E-state index >= 15 is 0 Å². The molecule has 1 aliphatic rings. The maximum atomic E-state index is 5.62. The van der Waals surface area contributed by atoms with Crippen molar-refractivity contribution in [3.63, 3.8) is 0 Å². The second-order valence-electron chi connectivity index (χ2n) is 3.51. The molecule has 1 aromatic rings. The van der Waals surface area contributed by atoms with Gasteiger partial charge >= 0.3 is 0 Å². The Balaban J connectivity index is 2.37. The van der Waals surface area contributed by atoms with E-state index in [1.54, 1.807) is 7.11 Å². The molecule has 0 atom stereocenters. The summed E-state index contributed by atoms with van der Waals surface area (Å²) in [4.78, 5) is 4.86. The molecule has 0 aromatic heterocycles. The van der Waals surface area contributed by atoms with Crippen molar-refractivity contribution < 1.29 is 14.3 Å². The highest BCUT2D eigenvalue weighted by atomic mass is 79.9. The number of benzene rings is 1. The lowest BCUT2D eigenvalue weighted by Crippen LogP contribution is -2.18. The SMILES string of the molecule is CONCc1c(Br)cc2c(c1C)OCCO2. The van der Waals surface area contributed by atoms with Gasteiger partial charge in [-0.25, -0.2) is 0 Å². The van der Waals surface area contributed by atoms with Gasteiger partial charge in [-0.1, -0.05) is 15.9 Å². The van der Waals surface area contributed by atoms with E-state index in [0.717, 1.165) is 27.1 Å². The molecule has 5 heteroatoms. The number of nitrogens with one attached hydrogen (secondary N) is 1.